The highest BCUT2D eigenvalue weighted by molar-refractivity contribution is 6.30. The van der Waals surface area contributed by atoms with Crippen molar-refractivity contribution >= 4 is 36.4 Å². The Morgan fingerprint density at radius 2 is 2.11 bits per heavy atom. The topological polar surface area (TPSA) is 40.7 Å². The number of hydrogen-bond acceptors (Lipinski definition) is 2. The van der Waals surface area contributed by atoms with E-state index in [4.69, 9.17) is 11.6 Å². The van der Waals surface area contributed by atoms with Crippen LogP contribution in [-0.4, -0.2) is 16.7 Å². The second kappa shape index (κ2) is 7.15. The van der Waals surface area contributed by atoms with Gasteiger partial charge in [-0.25, -0.2) is 0 Å². The second-order valence-electron chi connectivity index (χ2n) is 4.36. The number of rotatable bonds is 2. The zero-order chi connectivity index (χ0) is 11.7. The summed E-state index contributed by atoms with van der Waals surface area (Å²) in [5.74, 6) is 0. The molecule has 0 aliphatic carbocycles. The predicted molar refractivity (Wildman–Crippen MR) is 83.5 cm³/mol. The normalized spacial score (nSPS) is 17.6. The first-order valence-electron chi connectivity index (χ1n) is 5.87. The van der Waals surface area contributed by atoms with Crippen LogP contribution < -0.4 is 5.32 Å². The second-order valence-corrected chi connectivity index (χ2v) is 4.79. The van der Waals surface area contributed by atoms with Crippen molar-refractivity contribution in [3.8, 4) is 11.1 Å². The largest absolute Gasteiger partial charge is 0.309 e. The van der Waals surface area contributed by atoms with E-state index in [1.807, 2.05) is 24.4 Å². The molecule has 0 spiro atoms. The van der Waals surface area contributed by atoms with Crippen LogP contribution in [0.15, 0.2) is 30.5 Å². The van der Waals surface area contributed by atoms with E-state index in [0.717, 1.165) is 29.1 Å². The van der Waals surface area contributed by atoms with Gasteiger partial charge >= 0.3 is 0 Å². The van der Waals surface area contributed by atoms with Crippen LogP contribution in [0, 0.1) is 0 Å². The maximum Gasteiger partial charge on any atom is 0.0599 e. The van der Waals surface area contributed by atoms with Gasteiger partial charge in [-0.3, -0.25) is 5.10 Å². The van der Waals surface area contributed by atoms with Gasteiger partial charge in [0.1, 0.15) is 0 Å². The van der Waals surface area contributed by atoms with Gasteiger partial charge in [0, 0.05) is 16.6 Å². The fourth-order valence-electron chi connectivity index (χ4n) is 2.38. The van der Waals surface area contributed by atoms with Crippen molar-refractivity contribution in [2.45, 2.75) is 18.9 Å². The van der Waals surface area contributed by atoms with Gasteiger partial charge < -0.3 is 5.32 Å². The number of aromatic nitrogens is 2. The fourth-order valence-corrected chi connectivity index (χ4v) is 2.57. The van der Waals surface area contributed by atoms with Gasteiger partial charge in [0.2, 0.25) is 0 Å². The standard InChI is InChI=1S/C13H14ClN3.2ClH/c14-10-4-1-3-9(7-10)11-8-16-17-13(11)12-5-2-6-15-12;;/h1,3-4,7-8,12,15H,2,5-6H2,(H,16,17);2*1H. The molecule has 2 N–H and O–H groups in total. The Hall–Kier alpha value is -0.740. The number of nitrogens with one attached hydrogen (secondary N) is 2. The highest BCUT2D eigenvalue weighted by Gasteiger charge is 2.21. The molecule has 1 unspecified atom stereocenters. The predicted octanol–water partition coefficient (Wildman–Crippen LogP) is 4.00. The molecule has 3 nitrogen and oxygen atoms in total. The molecule has 104 valence electrons. The highest BCUT2D eigenvalue weighted by Crippen LogP contribution is 2.31. The molecule has 1 aliphatic heterocycles. The molecule has 0 bridgehead atoms. The van der Waals surface area contributed by atoms with Crippen LogP contribution >= 0.6 is 36.4 Å². The van der Waals surface area contributed by atoms with Crippen molar-refractivity contribution < 1.29 is 0 Å². The van der Waals surface area contributed by atoms with Gasteiger partial charge in [0.15, 0.2) is 0 Å². The zero-order valence-corrected chi connectivity index (χ0v) is 12.6. The lowest BCUT2D eigenvalue weighted by Gasteiger charge is -2.10. The van der Waals surface area contributed by atoms with Crippen LogP contribution in [0.5, 0.6) is 0 Å². The summed E-state index contributed by atoms with van der Waals surface area (Å²) < 4.78 is 0. The molecule has 1 atom stereocenters. The average molecular weight is 321 g/mol. The number of H-pyrrole nitrogens is 1. The summed E-state index contributed by atoms with van der Waals surface area (Å²) in [7, 11) is 0. The first kappa shape index (κ1) is 16.3. The van der Waals surface area contributed by atoms with Crippen molar-refractivity contribution in [3.05, 3.63) is 41.2 Å². The maximum atomic E-state index is 6.03. The first-order chi connectivity index (χ1) is 8.34. The van der Waals surface area contributed by atoms with Crippen LogP contribution in [0.2, 0.25) is 5.02 Å². The molecule has 3 rings (SSSR count). The third-order valence-electron chi connectivity index (χ3n) is 3.21. The summed E-state index contributed by atoms with van der Waals surface area (Å²) in [6.45, 7) is 1.08. The summed E-state index contributed by atoms with van der Waals surface area (Å²) in [5, 5.41) is 11.5. The van der Waals surface area contributed by atoms with E-state index in [1.54, 1.807) is 0 Å². The van der Waals surface area contributed by atoms with E-state index in [0.29, 0.717) is 6.04 Å². The number of benzene rings is 1. The molecule has 1 aromatic carbocycles. The molecule has 0 radical (unpaired) electrons. The Kier molecular flexibility index (Phi) is 6.14. The van der Waals surface area contributed by atoms with E-state index in [9.17, 15) is 0 Å². The molecule has 2 heterocycles. The maximum absolute atomic E-state index is 6.03. The van der Waals surface area contributed by atoms with Crippen molar-refractivity contribution in [2.75, 3.05) is 6.54 Å². The van der Waals surface area contributed by atoms with Crippen LogP contribution in [0.25, 0.3) is 11.1 Å². The van der Waals surface area contributed by atoms with Gasteiger partial charge in [-0.15, -0.1) is 24.8 Å². The third-order valence-corrected chi connectivity index (χ3v) is 3.45. The summed E-state index contributed by atoms with van der Waals surface area (Å²) >= 11 is 6.03. The number of halogens is 3. The number of hydrogen-bond donors (Lipinski definition) is 2. The Balaban J connectivity index is 0.000000902. The van der Waals surface area contributed by atoms with Crippen molar-refractivity contribution in [2.24, 2.45) is 0 Å². The minimum atomic E-state index is 0. The lowest BCUT2D eigenvalue weighted by molar-refractivity contribution is 0.626. The van der Waals surface area contributed by atoms with E-state index in [1.165, 1.54) is 12.1 Å². The molecule has 6 heteroatoms. The molecule has 2 aromatic rings. The minimum absolute atomic E-state index is 0. The van der Waals surface area contributed by atoms with Crippen molar-refractivity contribution in [1.82, 2.24) is 15.5 Å². The lowest BCUT2D eigenvalue weighted by Crippen LogP contribution is -2.14. The Morgan fingerprint density at radius 1 is 1.26 bits per heavy atom. The number of aromatic amines is 1. The number of nitrogens with zero attached hydrogens (tertiary/aromatic N) is 1. The molecule has 1 fully saturated rings. The Morgan fingerprint density at radius 3 is 2.79 bits per heavy atom. The van der Waals surface area contributed by atoms with Gasteiger partial charge in [0.05, 0.1) is 11.9 Å². The van der Waals surface area contributed by atoms with E-state index >= 15 is 0 Å². The summed E-state index contributed by atoms with van der Waals surface area (Å²) in [6, 6.07) is 8.29. The molecular formula is C13H16Cl3N3. The molecule has 1 aromatic heterocycles. The van der Waals surface area contributed by atoms with Crippen LogP contribution in [0.3, 0.4) is 0 Å². The molecule has 0 saturated carbocycles. The van der Waals surface area contributed by atoms with E-state index in [2.05, 4.69) is 21.6 Å². The molecular weight excluding hydrogens is 305 g/mol. The van der Waals surface area contributed by atoms with Gasteiger partial charge in [-0.05, 0) is 37.1 Å². The summed E-state index contributed by atoms with van der Waals surface area (Å²) in [5.41, 5.74) is 3.44. The van der Waals surface area contributed by atoms with Gasteiger partial charge in [0.25, 0.3) is 0 Å². The monoisotopic (exact) mass is 319 g/mol. The van der Waals surface area contributed by atoms with Crippen LogP contribution in [-0.2, 0) is 0 Å². The molecule has 1 aliphatic rings. The van der Waals surface area contributed by atoms with Gasteiger partial charge in [-0.2, -0.15) is 5.10 Å². The Bertz CT molecular complexity index is 521. The molecule has 1 saturated heterocycles. The fraction of sp³-hybridized carbons (Fsp3) is 0.308. The third kappa shape index (κ3) is 3.42. The summed E-state index contributed by atoms with van der Waals surface area (Å²) in [6.07, 6.45) is 4.26. The van der Waals surface area contributed by atoms with Crippen LogP contribution in [0.1, 0.15) is 24.6 Å². The first-order valence-corrected chi connectivity index (χ1v) is 6.25. The minimum Gasteiger partial charge on any atom is -0.309 e. The quantitative estimate of drug-likeness (QED) is 0.878. The van der Waals surface area contributed by atoms with Crippen LogP contribution in [0.4, 0.5) is 0 Å². The zero-order valence-electron chi connectivity index (χ0n) is 10.2. The molecule has 0 amide bonds. The lowest BCUT2D eigenvalue weighted by atomic mass is 10.0. The van der Waals surface area contributed by atoms with Gasteiger partial charge in [-0.1, -0.05) is 23.7 Å². The molecule has 19 heavy (non-hydrogen) atoms. The average Bonchev–Trinajstić information content (AvgIpc) is 3.00. The van der Waals surface area contributed by atoms with E-state index in [-0.39, 0.29) is 24.8 Å². The SMILES string of the molecule is Cl.Cl.Clc1cccc(-c2cn[nH]c2C2CCCN2)c1. The van der Waals surface area contributed by atoms with Crippen molar-refractivity contribution in [3.63, 3.8) is 0 Å². The summed E-state index contributed by atoms with van der Waals surface area (Å²) in [4.78, 5) is 0. The smallest absolute Gasteiger partial charge is 0.0599 e. The Labute approximate surface area is 129 Å². The van der Waals surface area contributed by atoms with E-state index < -0.39 is 0 Å². The van der Waals surface area contributed by atoms with Crippen molar-refractivity contribution in [1.29, 1.82) is 0 Å². The highest BCUT2D eigenvalue weighted by atomic mass is 35.5.